The quantitative estimate of drug-likeness (QED) is 0.530. The molecule has 0 saturated heterocycles. The Morgan fingerprint density at radius 2 is 1.83 bits per heavy atom. The van der Waals surface area contributed by atoms with Crippen LogP contribution < -0.4 is 4.74 Å². The average molecular weight is 393 g/mol. The number of phenols is 1. The Hall–Kier alpha value is -3.21. The molecule has 0 saturated carbocycles. The van der Waals surface area contributed by atoms with Crippen LogP contribution in [0.2, 0.25) is 0 Å². The second-order valence-corrected chi connectivity index (χ2v) is 6.81. The topological polar surface area (TPSA) is 60.7 Å². The van der Waals surface area contributed by atoms with Crippen molar-refractivity contribution in [2.45, 2.75) is 33.2 Å². The van der Waals surface area contributed by atoms with Crippen molar-refractivity contribution in [1.29, 1.82) is 0 Å². The highest BCUT2D eigenvalue weighted by Crippen LogP contribution is 2.28. The second kappa shape index (κ2) is 9.82. The molecule has 1 aromatic heterocycles. The summed E-state index contributed by atoms with van der Waals surface area (Å²) >= 11 is 0. The number of aryl methyl sites for hydroxylation is 1. The van der Waals surface area contributed by atoms with E-state index in [-0.39, 0.29) is 11.7 Å². The molecule has 0 atom stereocenters. The Morgan fingerprint density at radius 1 is 1.03 bits per heavy atom. The van der Waals surface area contributed by atoms with E-state index in [0.717, 1.165) is 22.3 Å². The third kappa shape index (κ3) is 5.64. The zero-order valence-corrected chi connectivity index (χ0v) is 16.9. The number of carbonyl (C=O) groups is 1. The first-order chi connectivity index (χ1) is 14.1. The fourth-order valence-electron chi connectivity index (χ4n) is 3.39. The number of aromatic hydroxyl groups is 1. The summed E-state index contributed by atoms with van der Waals surface area (Å²) < 4.78 is 12.7. The number of esters is 1. The third-order valence-electron chi connectivity index (χ3n) is 4.58. The first-order valence-corrected chi connectivity index (χ1v) is 9.94. The van der Waals surface area contributed by atoms with Crippen molar-refractivity contribution in [1.82, 2.24) is 4.57 Å². The summed E-state index contributed by atoms with van der Waals surface area (Å²) in [6.45, 7) is 5.26. The van der Waals surface area contributed by atoms with Crippen LogP contribution in [0.1, 0.15) is 31.4 Å². The van der Waals surface area contributed by atoms with Gasteiger partial charge < -0.3 is 19.1 Å². The fourth-order valence-corrected chi connectivity index (χ4v) is 3.39. The first kappa shape index (κ1) is 20.5. The van der Waals surface area contributed by atoms with Gasteiger partial charge in [0.25, 0.3) is 0 Å². The Bertz CT molecular complexity index is 947. The zero-order valence-electron chi connectivity index (χ0n) is 16.9. The molecule has 0 aliphatic rings. The smallest absolute Gasteiger partial charge is 0.306 e. The highest BCUT2D eigenvalue weighted by atomic mass is 16.5. The van der Waals surface area contributed by atoms with Crippen LogP contribution in [0.25, 0.3) is 11.1 Å². The average Bonchev–Trinajstić information content (AvgIpc) is 3.10. The number of aromatic nitrogens is 1. The van der Waals surface area contributed by atoms with Crippen molar-refractivity contribution in [3.8, 4) is 22.6 Å². The maximum absolute atomic E-state index is 11.8. The van der Waals surface area contributed by atoms with Gasteiger partial charge in [-0.05, 0) is 49.1 Å². The van der Waals surface area contributed by atoms with E-state index in [4.69, 9.17) is 9.47 Å². The molecule has 0 amide bonds. The Balaban J connectivity index is 1.87. The molecular formula is C24H27NO4. The number of ether oxygens (including phenoxy) is 2. The predicted molar refractivity (Wildman–Crippen MR) is 113 cm³/mol. The third-order valence-corrected chi connectivity index (χ3v) is 4.58. The van der Waals surface area contributed by atoms with Gasteiger partial charge >= 0.3 is 5.97 Å². The molecule has 152 valence electrons. The van der Waals surface area contributed by atoms with Crippen molar-refractivity contribution in [3.05, 3.63) is 72.1 Å². The summed E-state index contributed by atoms with van der Waals surface area (Å²) in [5, 5.41) is 9.99. The van der Waals surface area contributed by atoms with E-state index in [0.29, 0.717) is 38.3 Å². The highest BCUT2D eigenvalue weighted by molar-refractivity contribution is 5.72. The van der Waals surface area contributed by atoms with E-state index in [1.54, 1.807) is 12.1 Å². The van der Waals surface area contributed by atoms with E-state index < -0.39 is 0 Å². The van der Waals surface area contributed by atoms with Crippen LogP contribution in [0.5, 0.6) is 11.5 Å². The predicted octanol–water partition coefficient (Wildman–Crippen LogP) is 4.80. The molecule has 0 aliphatic carbocycles. The number of hydrogen-bond acceptors (Lipinski definition) is 4. The van der Waals surface area contributed by atoms with Crippen molar-refractivity contribution in [2.24, 2.45) is 0 Å². The van der Waals surface area contributed by atoms with Crippen LogP contribution in [-0.2, 0) is 22.5 Å². The summed E-state index contributed by atoms with van der Waals surface area (Å²) in [6, 6.07) is 15.4. The summed E-state index contributed by atoms with van der Waals surface area (Å²) in [5.74, 6) is 0.651. The van der Waals surface area contributed by atoms with E-state index in [9.17, 15) is 9.90 Å². The van der Waals surface area contributed by atoms with Gasteiger partial charge in [0.05, 0.1) is 13.2 Å². The summed E-state index contributed by atoms with van der Waals surface area (Å²) in [6.07, 6.45) is 5.10. The minimum absolute atomic E-state index is 0.184. The molecule has 3 aromatic rings. The van der Waals surface area contributed by atoms with E-state index in [2.05, 4.69) is 29.1 Å². The summed E-state index contributed by atoms with van der Waals surface area (Å²) in [4.78, 5) is 11.8. The Labute approximate surface area is 171 Å². The fraction of sp³-hybridized carbons (Fsp3) is 0.292. The number of carbonyl (C=O) groups excluding carboxylic acids is 1. The molecular weight excluding hydrogens is 366 g/mol. The second-order valence-electron chi connectivity index (χ2n) is 6.81. The largest absolute Gasteiger partial charge is 0.508 e. The number of hydrogen-bond donors (Lipinski definition) is 1. The van der Waals surface area contributed by atoms with Crippen LogP contribution in [0, 0.1) is 0 Å². The van der Waals surface area contributed by atoms with Crippen molar-refractivity contribution in [2.75, 3.05) is 13.2 Å². The van der Waals surface area contributed by atoms with Crippen molar-refractivity contribution in [3.63, 3.8) is 0 Å². The molecule has 1 N–H and O–H groups in total. The van der Waals surface area contributed by atoms with Crippen LogP contribution in [0.3, 0.4) is 0 Å². The standard InChI is InChI=1S/C24H27NO4/c1-3-28-22-13-18(12-21(26)14-22)15-25-16-20(10-11-24(27)29-4-2)23(17-25)19-8-6-5-7-9-19/h5-9,12-14,16-17,26H,3-4,10-11,15H2,1-2H3. The molecule has 0 fully saturated rings. The SMILES string of the molecule is CCOC(=O)CCc1cn(Cc2cc(O)cc(OCC)c2)cc1-c1ccccc1. The van der Waals surface area contributed by atoms with Gasteiger partial charge in [-0.25, -0.2) is 0 Å². The molecule has 29 heavy (non-hydrogen) atoms. The van der Waals surface area contributed by atoms with Gasteiger partial charge in [-0.15, -0.1) is 0 Å². The molecule has 5 nitrogen and oxygen atoms in total. The Kier molecular flexibility index (Phi) is 6.95. The lowest BCUT2D eigenvalue weighted by Gasteiger charge is -2.08. The lowest BCUT2D eigenvalue weighted by molar-refractivity contribution is -0.143. The monoisotopic (exact) mass is 393 g/mol. The maximum Gasteiger partial charge on any atom is 0.306 e. The minimum Gasteiger partial charge on any atom is -0.508 e. The minimum atomic E-state index is -0.186. The van der Waals surface area contributed by atoms with Gasteiger partial charge in [0, 0.05) is 37.0 Å². The highest BCUT2D eigenvalue weighted by Gasteiger charge is 2.12. The van der Waals surface area contributed by atoms with Gasteiger partial charge in [-0.2, -0.15) is 0 Å². The maximum atomic E-state index is 11.8. The van der Waals surface area contributed by atoms with Gasteiger partial charge in [0.2, 0.25) is 0 Å². The van der Waals surface area contributed by atoms with E-state index >= 15 is 0 Å². The normalized spacial score (nSPS) is 10.7. The zero-order chi connectivity index (χ0) is 20.6. The van der Waals surface area contributed by atoms with Crippen molar-refractivity contribution >= 4 is 5.97 Å². The molecule has 0 aliphatic heterocycles. The summed E-state index contributed by atoms with van der Waals surface area (Å²) in [5.41, 5.74) is 4.24. The molecule has 2 aromatic carbocycles. The van der Waals surface area contributed by atoms with Crippen LogP contribution >= 0.6 is 0 Å². The molecule has 0 bridgehead atoms. The van der Waals surface area contributed by atoms with Gasteiger partial charge in [0.15, 0.2) is 0 Å². The number of nitrogens with zero attached hydrogens (tertiary/aromatic N) is 1. The van der Waals surface area contributed by atoms with Gasteiger partial charge in [0.1, 0.15) is 11.5 Å². The summed E-state index contributed by atoms with van der Waals surface area (Å²) in [7, 11) is 0. The molecule has 0 radical (unpaired) electrons. The van der Waals surface area contributed by atoms with Crippen molar-refractivity contribution < 1.29 is 19.4 Å². The molecule has 5 heteroatoms. The van der Waals surface area contributed by atoms with Crippen LogP contribution in [0.4, 0.5) is 0 Å². The molecule has 3 rings (SSSR count). The Morgan fingerprint density at radius 3 is 2.55 bits per heavy atom. The van der Waals surface area contributed by atoms with E-state index in [1.165, 1.54) is 0 Å². The first-order valence-electron chi connectivity index (χ1n) is 9.94. The lowest BCUT2D eigenvalue weighted by atomic mass is 10.0. The van der Waals surface area contributed by atoms with Gasteiger partial charge in [-0.1, -0.05) is 30.3 Å². The van der Waals surface area contributed by atoms with Gasteiger partial charge in [-0.3, -0.25) is 4.79 Å². The molecule has 1 heterocycles. The molecule has 0 spiro atoms. The van der Waals surface area contributed by atoms with E-state index in [1.807, 2.05) is 38.1 Å². The molecule has 0 unspecified atom stereocenters. The number of rotatable bonds is 9. The van der Waals surface area contributed by atoms with Crippen LogP contribution in [-0.4, -0.2) is 28.9 Å². The van der Waals surface area contributed by atoms with Crippen LogP contribution in [0.15, 0.2) is 60.9 Å². The number of phenolic OH excluding ortho intramolecular Hbond substituents is 1. The number of benzene rings is 2. The lowest BCUT2D eigenvalue weighted by Crippen LogP contribution is -2.05.